The zero-order valence-corrected chi connectivity index (χ0v) is 22.5. The number of carbonyl (C=O) groups is 1. The Hall–Kier alpha value is -4.07. The van der Waals surface area contributed by atoms with E-state index in [0.29, 0.717) is 42.0 Å². The Bertz CT molecular complexity index is 1610. The average Bonchev–Trinajstić information content (AvgIpc) is 3.58. The average molecular weight is 558 g/mol. The van der Waals surface area contributed by atoms with Gasteiger partial charge < -0.3 is 14.2 Å². The van der Waals surface area contributed by atoms with Gasteiger partial charge in [-0.05, 0) is 18.2 Å². The van der Waals surface area contributed by atoms with E-state index in [0.717, 1.165) is 18.9 Å². The van der Waals surface area contributed by atoms with Crippen LogP contribution in [0, 0.1) is 5.82 Å². The molecule has 1 fully saturated rings. The van der Waals surface area contributed by atoms with Crippen molar-refractivity contribution in [2.45, 2.75) is 57.0 Å². The molecule has 12 nitrogen and oxygen atoms in total. The third-order valence-corrected chi connectivity index (χ3v) is 7.80. The molecule has 0 aliphatic carbocycles. The molecule has 1 aromatic carbocycles. The molecule has 0 unspecified atom stereocenters. The molecule has 1 N–H and O–H groups in total. The number of aromatic nitrogens is 5. The summed E-state index contributed by atoms with van der Waals surface area (Å²) in [5.74, 6) is -0.165. The maximum Gasteiger partial charge on any atom is 0.324 e. The number of benzene rings is 1. The van der Waals surface area contributed by atoms with Gasteiger partial charge in [-0.15, -0.1) is 0 Å². The van der Waals surface area contributed by atoms with Gasteiger partial charge in [0, 0.05) is 61.7 Å². The monoisotopic (exact) mass is 557 g/mol. The highest BCUT2D eigenvalue weighted by Gasteiger charge is 2.26. The van der Waals surface area contributed by atoms with Gasteiger partial charge in [0.15, 0.2) is 11.5 Å². The second-order valence-corrected chi connectivity index (χ2v) is 11.2. The van der Waals surface area contributed by atoms with Gasteiger partial charge in [0.05, 0.1) is 11.1 Å². The van der Waals surface area contributed by atoms with Crippen molar-refractivity contribution in [2.24, 2.45) is 0 Å². The first kappa shape index (κ1) is 26.5. The lowest BCUT2D eigenvalue weighted by atomic mass is 10.1. The standard InChI is InChI=1S/C25H28FN7O5S/c1-4-21(34)31-39(35,36)17-5-6-18(20(26)13-17)19-14-28-33-22(7-10-27-24(19)33)37-16-8-11-32(12-9-16)25-29-23(15(2)3)30-38-25/h5-7,10,13-16H,4,8-9,11-12H2,1-3H3,(H,31,34). The van der Waals surface area contributed by atoms with Crippen molar-refractivity contribution in [3.63, 3.8) is 0 Å². The Morgan fingerprint density at radius 2 is 2.00 bits per heavy atom. The maximum absolute atomic E-state index is 15.1. The van der Waals surface area contributed by atoms with Gasteiger partial charge in [-0.3, -0.25) is 4.79 Å². The summed E-state index contributed by atoms with van der Waals surface area (Å²) in [6.07, 6.45) is 4.33. The summed E-state index contributed by atoms with van der Waals surface area (Å²) in [7, 11) is -4.18. The van der Waals surface area contributed by atoms with E-state index in [9.17, 15) is 13.2 Å². The molecule has 1 aliphatic rings. The molecule has 4 heterocycles. The van der Waals surface area contributed by atoms with E-state index >= 15 is 4.39 Å². The molecule has 1 amide bonds. The number of sulfonamides is 1. The van der Waals surface area contributed by atoms with Crippen LogP contribution in [-0.2, 0) is 14.8 Å². The molecule has 0 atom stereocenters. The first-order valence-corrected chi connectivity index (χ1v) is 14.1. The second kappa shape index (κ2) is 10.6. The van der Waals surface area contributed by atoms with Gasteiger partial charge in [0.2, 0.25) is 11.8 Å². The fraction of sp³-hybridized carbons (Fsp3) is 0.400. The number of anilines is 1. The van der Waals surface area contributed by atoms with E-state index in [-0.39, 0.29) is 28.9 Å². The van der Waals surface area contributed by atoms with Crippen LogP contribution in [-0.4, -0.2) is 58.3 Å². The topological polar surface area (TPSA) is 145 Å². The lowest BCUT2D eigenvalue weighted by Gasteiger charge is -2.30. The molecule has 1 saturated heterocycles. The highest BCUT2D eigenvalue weighted by Crippen LogP contribution is 2.30. The molecule has 0 bridgehead atoms. The van der Waals surface area contributed by atoms with Crippen molar-refractivity contribution >= 4 is 27.6 Å². The number of amides is 1. The van der Waals surface area contributed by atoms with E-state index in [2.05, 4.69) is 20.2 Å². The van der Waals surface area contributed by atoms with Gasteiger partial charge in [-0.25, -0.2) is 22.5 Å². The lowest BCUT2D eigenvalue weighted by Crippen LogP contribution is -2.38. The van der Waals surface area contributed by atoms with Crippen LogP contribution < -0.4 is 14.4 Å². The number of piperidine rings is 1. The summed E-state index contributed by atoms with van der Waals surface area (Å²) in [5, 5.41) is 8.37. The van der Waals surface area contributed by atoms with E-state index in [1.165, 1.54) is 29.8 Å². The number of fused-ring (bicyclic) bond motifs is 1. The number of nitrogens with zero attached hydrogens (tertiary/aromatic N) is 6. The van der Waals surface area contributed by atoms with Crippen molar-refractivity contribution in [1.82, 2.24) is 29.5 Å². The van der Waals surface area contributed by atoms with Crippen molar-refractivity contribution in [3.8, 4) is 17.0 Å². The summed E-state index contributed by atoms with van der Waals surface area (Å²) in [4.78, 5) is 22.0. The van der Waals surface area contributed by atoms with Crippen LogP contribution in [0.3, 0.4) is 0 Å². The zero-order chi connectivity index (χ0) is 27.7. The Balaban J connectivity index is 1.32. The van der Waals surface area contributed by atoms with Gasteiger partial charge in [0.25, 0.3) is 10.0 Å². The minimum Gasteiger partial charge on any atom is -0.474 e. The van der Waals surface area contributed by atoms with Crippen molar-refractivity contribution in [2.75, 3.05) is 18.0 Å². The zero-order valence-electron chi connectivity index (χ0n) is 21.7. The number of carbonyl (C=O) groups excluding carboxylic acids is 1. The molecular weight excluding hydrogens is 529 g/mol. The normalized spacial score (nSPS) is 14.7. The highest BCUT2D eigenvalue weighted by atomic mass is 32.2. The predicted octanol–water partition coefficient (Wildman–Crippen LogP) is 3.30. The van der Waals surface area contributed by atoms with Crippen molar-refractivity contribution in [3.05, 3.63) is 48.3 Å². The number of halogens is 1. The summed E-state index contributed by atoms with van der Waals surface area (Å²) in [6.45, 7) is 6.90. The highest BCUT2D eigenvalue weighted by molar-refractivity contribution is 7.90. The van der Waals surface area contributed by atoms with E-state index in [1.54, 1.807) is 12.3 Å². The Morgan fingerprint density at radius 1 is 1.23 bits per heavy atom. The number of rotatable bonds is 8. The van der Waals surface area contributed by atoms with Gasteiger partial charge >= 0.3 is 6.01 Å². The molecule has 0 radical (unpaired) electrons. The van der Waals surface area contributed by atoms with Crippen LogP contribution in [0.15, 0.2) is 46.1 Å². The largest absolute Gasteiger partial charge is 0.474 e. The van der Waals surface area contributed by atoms with Crippen LogP contribution in [0.5, 0.6) is 5.88 Å². The van der Waals surface area contributed by atoms with Crippen LogP contribution in [0.25, 0.3) is 16.8 Å². The Morgan fingerprint density at radius 3 is 2.67 bits per heavy atom. The van der Waals surface area contributed by atoms with E-state index in [4.69, 9.17) is 9.26 Å². The molecule has 0 saturated carbocycles. The second-order valence-electron chi connectivity index (χ2n) is 9.49. The first-order valence-electron chi connectivity index (χ1n) is 12.6. The summed E-state index contributed by atoms with van der Waals surface area (Å²) in [5.41, 5.74) is 0.835. The summed E-state index contributed by atoms with van der Waals surface area (Å²) in [6, 6.07) is 5.62. The van der Waals surface area contributed by atoms with E-state index in [1.807, 2.05) is 23.5 Å². The Labute approximate surface area is 224 Å². The van der Waals surface area contributed by atoms with Gasteiger partial charge in [0.1, 0.15) is 11.9 Å². The number of nitrogens with one attached hydrogen (secondary N) is 1. The molecule has 0 spiro atoms. The number of hydrogen-bond donors (Lipinski definition) is 1. The minimum absolute atomic E-state index is 0.0187. The number of hydrogen-bond acceptors (Lipinski definition) is 10. The molecular formula is C25H28FN7O5S. The van der Waals surface area contributed by atoms with E-state index < -0.39 is 21.7 Å². The predicted molar refractivity (Wildman–Crippen MR) is 138 cm³/mol. The van der Waals surface area contributed by atoms with Crippen LogP contribution >= 0.6 is 0 Å². The molecule has 5 rings (SSSR count). The van der Waals surface area contributed by atoms with Gasteiger partial charge in [-0.1, -0.05) is 25.9 Å². The van der Waals surface area contributed by atoms with Crippen molar-refractivity contribution in [1.29, 1.82) is 0 Å². The minimum atomic E-state index is -4.18. The van der Waals surface area contributed by atoms with Crippen LogP contribution in [0.4, 0.5) is 10.4 Å². The molecule has 14 heteroatoms. The third-order valence-electron chi connectivity index (χ3n) is 6.42. The maximum atomic E-state index is 15.1. The van der Waals surface area contributed by atoms with Crippen molar-refractivity contribution < 1.29 is 26.9 Å². The lowest BCUT2D eigenvalue weighted by molar-refractivity contribution is -0.119. The molecule has 206 valence electrons. The Kier molecular flexibility index (Phi) is 7.21. The first-order chi connectivity index (χ1) is 18.7. The van der Waals surface area contributed by atoms with Crippen LogP contribution in [0.1, 0.15) is 51.8 Å². The quantitative estimate of drug-likeness (QED) is 0.342. The fourth-order valence-corrected chi connectivity index (χ4v) is 5.30. The summed E-state index contributed by atoms with van der Waals surface area (Å²) >= 11 is 0. The van der Waals surface area contributed by atoms with Crippen LogP contribution in [0.2, 0.25) is 0 Å². The molecule has 4 aromatic rings. The fourth-order valence-electron chi connectivity index (χ4n) is 4.24. The SMILES string of the molecule is CCC(=O)NS(=O)(=O)c1ccc(-c2cnn3c(OC4CCN(c5nc(C(C)C)no5)CC4)ccnc23)c(F)c1. The third kappa shape index (κ3) is 5.41. The molecule has 1 aliphatic heterocycles. The van der Waals surface area contributed by atoms with Gasteiger partial charge in [-0.2, -0.15) is 14.6 Å². The number of ether oxygens (including phenoxy) is 1. The summed E-state index contributed by atoms with van der Waals surface area (Å²) < 4.78 is 54.9. The molecule has 3 aromatic heterocycles. The smallest absolute Gasteiger partial charge is 0.324 e. The molecule has 39 heavy (non-hydrogen) atoms.